The Bertz CT molecular complexity index is 549. The van der Waals surface area contributed by atoms with Crippen molar-refractivity contribution in [3.8, 4) is 11.5 Å². The monoisotopic (exact) mass is 276 g/mol. The molecule has 0 N–H and O–H groups in total. The highest BCUT2D eigenvalue weighted by Gasteiger charge is 2.25. The molecule has 3 rings (SSSR count). The summed E-state index contributed by atoms with van der Waals surface area (Å²) in [7, 11) is 1.31. The van der Waals surface area contributed by atoms with Crippen molar-refractivity contribution in [3.63, 3.8) is 0 Å². The number of ether oxygens (including phenoxy) is 4. The van der Waals surface area contributed by atoms with Gasteiger partial charge in [0.1, 0.15) is 6.10 Å². The van der Waals surface area contributed by atoms with Crippen LogP contribution in [0.15, 0.2) is 24.3 Å². The second kappa shape index (κ2) is 5.45. The van der Waals surface area contributed by atoms with Crippen LogP contribution < -0.4 is 9.47 Å². The molecule has 5 heteroatoms. The SMILES string of the molecule is COC(=O)OC1CCCC=C1c1ccc2c(c1)OCO2. The lowest BCUT2D eigenvalue weighted by molar-refractivity contribution is 0.0514. The van der Waals surface area contributed by atoms with Gasteiger partial charge in [0.25, 0.3) is 0 Å². The van der Waals surface area contributed by atoms with Gasteiger partial charge in [-0.3, -0.25) is 0 Å². The van der Waals surface area contributed by atoms with Crippen LogP contribution in [0.5, 0.6) is 11.5 Å². The highest BCUT2D eigenvalue weighted by atomic mass is 16.7. The number of allylic oxidation sites excluding steroid dienone is 1. The average molecular weight is 276 g/mol. The molecule has 0 saturated heterocycles. The smallest absolute Gasteiger partial charge is 0.454 e. The van der Waals surface area contributed by atoms with E-state index in [1.807, 2.05) is 18.2 Å². The summed E-state index contributed by atoms with van der Waals surface area (Å²) < 4.78 is 20.6. The third-order valence-corrected chi connectivity index (χ3v) is 3.49. The number of rotatable bonds is 2. The zero-order valence-electron chi connectivity index (χ0n) is 11.3. The van der Waals surface area contributed by atoms with Crippen LogP contribution in [0.4, 0.5) is 4.79 Å². The largest absolute Gasteiger partial charge is 0.508 e. The summed E-state index contributed by atoms with van der Waals surface area (Å²) in [5.74, 6) is 1.47. The van der Waals surface area contributed by atoms with Crippen LogP contribution in [0.3, 0.4) is 0 Å². The van der Waals surface area contributed by atoms with E-state index in [0.29, 0.717) is 0 Å². The molecule has 0 saturated carbocycles. The molecule has 1 heterocycles. The fourth-order valence-electron chi connectivity index (χ4n) is 2.51. The molecule has 1 aromatic carbocycles. The van der Waals surface area contributed by atoms with Crippen molar-refractivity contribution in [2.24, 2.45) is 0 Å². The Morgan fingerprint density at radius 1 is 1.30 bits per heavy atom. The van der Waals surface area contributed by atoms with E-state index in [0.717, 1.165) is 41.9 Å². The van der Waals surface area contributed by atoms with Crippen molar-refractivity contribution in [2.75, 3.05) is 13.9 Å². The van der Waals surface area contributed by atoms with Gasteiger partial charge >= 0.3 is 6.16 Å². The van der Waals surface area contributed by atoms with Crippen molar-refractivity contribution in [2.45, 2.75) is 25.4 Å². The molecule has 1 atom stereocenters. The van der Waals surface area contributed by atoms with E-state index in [-0.39, 0.29) is 12.9 Å². The molecule has 1 aromatic rings. The van der Waals surface area contributed by atoms with E-state index >= 15 is 0 Å². The van der Waals surface area contributed by atoms with Gasteiger partial charge in [-0.1, -0.05) is 12.1 Å². The van der Waals surface area contributed by atoms with E-state index in [1.165, 1.54) is 7.11 Å². The van der Waals surface area contributed by atoms with Gasteiger partial charge in [0.2, 0.25) is 6.79 Å². The minimum absolute atomic E-state index is 0.250. The number of methoxy groups -OCH3 is 1. The van der Waals surface area contributed by atoms with E-state index in [1.54, 1.807) is 0 Å². The van der Waals surface area contributed by atoms with Gasteiger partial charge in [-0.05, 0) is 42.5 Å². The first-order valence-corrected chi connectivity index (χ1v) is 6.62. The molecule has 0 radical (unpaired) electrons. The first-order valence-electron chi connectivity index (χ1n) is 6.62. The van der Waals surface area contributed by atoms with Crippen molar-refractivity contribution in [1.29, 1.82) is 0 Å². The van der Waals surface area contributed by atoms with Crippen molar-refractivity contribution in [1.82, 2.24) is 0 Å². The molecule has 2 aliphatic rings. The normalized spacial score (nSPS) is 20.2. The summed E-state index contributed by atoms with van der Waals surface area (Å²) in [6.07, 6.45) is 3.96. The Balaban J connectivity index is 1.86. The van der Waals surface area contributed by atoms with Gasteiger partial charge in [-0.2, -0.15) is 0 Å². The fraction of sp³-hybridized carbons (Fsp3) is 0.400. The third-order valence-electron chi connectivity index (χ3n) is 3.49. The molecule has 0 spiro atoms. The first kappa shape index (κ1) is 12.8. The van der Waals surface area contributed by atoms with Crippen molar-refractivity contribution in [3.05, 3.63) is 29.8 Å². The van der Waals surface area contributed by atoms with Gasteiger partial charge in [0.05, 0.1) is 7.11 Å². The quantitative estimate of drug-likeness (QED) is 0.777. The maximum absolute atomic E-state index is 11.3. The van der Waals surface area contributed by atoms with Gasteiger partial charge in [-0.25, -0.2) is 4.79 Å². The number of carbonyl (C=O) groups excluding carboxylic acids is 1. The predicted octanol–water partition coefficient (Wildman–Crippen LogP) is 3.13. The highest BCUT2D eigenvalue weighted by Crippen LogP contribution is 2.37. The second-order valence-electron chi connectivity index (χ2n) is 4.72. The topological polar surface area (TPSA) is 54.0 Å². The minimum atomic E-state index is -0.649. The summed E-state index contributed by atoms with van der Waals surface area (Å²) in [5.41, 5.74) is 1.99. The van der Waals surface area contributed by atoms with Crippen molar-refractivity contribution < 1.29 is 23.7 Å². The lowest BCUT2D eigenvalue weighted by Crippen LogP contribution is -2.22. The van der Waals surface area contributed by atoms with Crippen LogP contribution in [0, 0.1) is 0 Å². The van der Waals surface area contributed by atoms with E-state index < -0.39 is 6.16 Å². The molecule has 106 valence electrons. The molecule has 1 unspecified atom stereocenters. The first-order chi connectivity index (χ1) is 9.78. The maximum atomic E-state index is 11.3. The number of hydrogen-bond donors (Lipinski definition) is 0. The molecule has 1 aliphatic heterocycles. The molecule has 0 amide bonds. The molecule has 1 aliphatic carbocycles. The second-order valence-corrected chi connectivity index (χ2v) is 4.72. The van der Waals surface area contributed by atoms with Crippen LogP contribution in [-0.2, 0) is 9.47 Å². The van der Waals surface area contributed by atoms with Gasteiger partial charge in [0, 0.05) is 0 Å². The molecule has 20 heavy (non-hydrogen) atoms. The van der Waals surface area contributed by atoms with Crippen LogP contribution >= 0.6 is 0 Å². The predicted molar refractivity (Wildman–Crippen MR) is 71.7 cm³/mol. The van der Waals surface area contributed by atoms with Crippen molar-refractivity contribution >= 4 is 11.7 Å². The molecule has 0 bridgehead atoms. The lowest BCUT2D eigenvalue weighted by atomic mass is 9.91. The molecular formula is C15H16O5. The zero-order chi connectivity index (χ0) is 13.9. The van der Waals surface area contributed by atoms with Crippen LogP contribution in [0.1, 0.15) is 24.8 Å². The van der Waals surface area contributed by atoms with Gasteiger partial charge in [0.15, 0.2) is 11.5 Å². The minimum Gasteiger partial charge on any atom is -0.454 e. The Labute approximate surface area is 117 Å². The Hall–Kier alpha value is -2.17. The lowest BCUT2D eigenvalue weighted by Gasteiger charge is -2.24. The molecule has 0 fully saturated rings. The zero-order valence-corrected chi connectivity index (χ0v) is 11.3. The average Bonchev–Trinajstić information content (AvgIpc) is 2.95. The molecular weight excluding hydrogens is 260 g/mol. The summed E-state index contributed by atoms with van der Waals surface area (Å²) in [6.45, 7) is 0.250. The van der Waals surface area contributed by atoms with Gasteiger partial charge < -0.3 is 18.9 Å². The highest BCUT2D eigenvalue weighted by molar-refractivity contribution is 5.74. The number of hydrogen-bond acceptors (Lipinski definition) is 5. The summed E-state index contributed by atoms with van der Waals surface area (Å²) in [4.78, 5) is 11.3. The Morgan fingerprint density at radius 2 is 2.15 bits per heavy atom. The maximum Gasteiger partial charge on any atom is 0.508 e. The van der Waals surface area contributed by atoms with Crippen LogP contribution in [0.25, 0.3) is 5.57 Å². The van der Waals surface area contributed by atoms with Gasteiger partial charge in [-0.15, -0.1) is 0 Å². The number of fused-ring (bicyclic) bond motifs is 1. The van der Waals surface area contributed by atoms with Crippen LogP contribution in [0.2, 0.25) is 0 Å². The standard InChI is InChI=1S/C15H16O5/c1-17-15(16)20-12-5-3-2-4-11(12)10-6-7-13-14(8-10)19-9-18-13/h4,6-8,12H,2-3,5,9H2,1H3. The number of carbonyl (C=O) groups is 1. The summed E-state index contributed by atoms with van der Waals surface area (Å²) >= 11 is 0. The number of benzene rings is 1. The fourth-order valence-corrected chi connectivity index (χ4v) is 2.51. The summed E-state index contributed by atoms with van der Waals surface area (Å²) in [5, 5.41) is 0. The Kier molecular flexibility index (Phi) is 3.50. The molecule has 5 nitrogen and oxygen atoms in total. The van der Waals surface area contributed by atoms with E-state index in [2.05, 4.69) is 10.8 Å². The van der Waals surface area contributed by atoms with E-state index in [9.17, 15) is 4.79 Å². The summed E-state index contributed by atoms with van der Waals surface area (Å²) in [6, 6.07) is 5.76. The van der Waals surface area contributed by atoms with Crippen LogP contribution in [-0.4, -0.2) is 26.2 Å². The third kappa shape index (κ3) is 2.43. The van der Waals surface area contributed by atoms with E-state index in [4.69, 9.17) is 14.2 Å². The Morgan fingerprint density at radius 3 is 3.00 bits per heavy atom. The molecule has 0 aromatic heterocycles.